The molecule has 3 nitrogen and oxygen atoms in total. The highest BCUT2D eigenvalue weighted by Gasteiger charge is 2.24. The molecule has 1 amide bonds. The minimum Gasteiger partial charge on any atom is -0.497 e. The summed E-state index contributed by atoms with van der Waals surface area (Å²) < 4.78 is 19.2. The normalized spacial score (nSPS) is 18.1. The van der Waals surface area contributed by atoms with Gasteiger partial charge >= 0.3 is 0 Å². The second-order valence-corrected chi connectivity index (χ2v) is 7.00. The zero-order chi connectivity index (χ0) is 16.9. The van der Waals surface area contributed by atoms with Crippen LogP contribution in [0.5, 0.6) is 5.75 Å². The molecule has 1 aliphatic heterocycles. The van der Waals surface area contributed by atoms with E-state index in [2.05, 4.69) is 0 Å². The number of nitrogens with zero attached hydrogens (tertiary/aromatic N) is 1. The predicted molar refractivity (Wildman–Crippen MR) is 95.1 cm³/mol. The number of amides is 1. The van der Waals surface area contributed by atoms with Crippen LogP contribution in [0.25, 0.3) is 0 Å². The molecule has 126 valence electrons. The van der Waals surface area contributed by atoms with Gasteiger partial charge in [-0.25, -0.2) is 4.39 Å². The van der Waals surface area contributed by atoms with Crippen molar-refractivity contribution in [3.63, 3.8) is 0 Å². The second kappa shape index (κ2) is 7.71. The van der Waals surface area contributed by atoms with Gasteiger partial charge in [-0.05, 0) is 30.7 Å². The lowest BCUT2D eigenvalue weighted by molar-refractivity contribution is 0.0766. The number of rotatable bonds is 3. The molecule has 0 radical (unpaired) electrons. The van der Waals surface area contributed by atoms with Crippen LogP contribution in [0.1, 0.15) is 27.6 Å². The third-order valence-corrected chi connectivity index (χ3v) is 5.51. The molecule has 2 aromatic carbocycles. The van der Waals surface area contributed by atoms with Crippen LogP contribution < -0.4 is 4.74 Å². The van der Waals surface area contributed by atoms with E-state index >= 15 is 0 Å². The van der Waals surface area contributed by atoms with E-state index in [-0.39, 0.29) is 17.0 Å². The van der Waals surface area contributed by atoms with Crippen molar-refractivity contribution in [1.29, 1.82) is 0 Å². The van der Waals surface area contributed by atoms with Gasteiger partial charge in [0, 0.05) is 35.2 Å². The van der Waals surface area contributed by atoms with E-state index in [0.717, 1.165) is 17.7 Å². The molecule has 1 heterocycles. The van der Waals surface area contributed by atoms with Gasteiger partial charge in [0.05, 0.1) is 7.11 Å². The van der Waals surface area contributed by atoms with Crippen molar-refractivity contribution in [2.45, 2.75) is 11.7 Å². The monoisotopic (exact) mass is 345 g/mol. The van der Waals surface area contributed by atoms with Crippen LogP contribution in [-0.4, -0.2) is 36.8 Å². The minimum atomic E-state index is -0.164. The Hall–Kier alpha value is -2.01. The number of carbonyl (C=O) groups excluding carboxylic acids is 1. The van der Waals surface area contributed by atoms with Crippen molar-refractivity contribution < 1.29 is 13.9 Å². The third-order valence-electron chi connectivity index (χ3n) is 4.20. The van der Waals surface area contributed by atoms with Crippen molar-refractivity contribution in [3.8, 4) is 5.75 Å². The highest BCUT2D eigenvalue weighted by atomic mass is 32.2. The summed E-state index contributed by atoms with van der Waals surface area (Å²) in [4.78, 5) is 14.6. The average Bonchev–Trinajstić information content (AvgIpc) is 2.87. The molecule has 0 bridgehead atoms. The van der Waals surface area contributed by atoms with Gasteiger partial charge in [0.15, 0.2) is 0 Å². The third kappa shape index (κ3) is 3.73. The van der Waals surface area contributed by atoms with Crippen molar-refractivity contribution in [2.75, 3.05) is 26.0 Å². The molecule has 0 N–H and O–H groups in total. The van der Waals surface area contributed by atoms with E-state index in [9.17, 15) is 9.18 Å². The Labute approximate surface area is 145 Å². The standard InChI is InChI=1S/C19H20FNO2S/c1-23-15-6-4-5-14(13-15)19(22)21-10-9-18(24-12-11-21)16-7-2-3-8-17(16)20/h2-8,13,18H,9-12H2,1H3/t18-/m1/s1. The number of ether oxygens (including phenoxy) is 1. The highest BCUT2D eigenvalue weighted by Crippen LogP contribution is 2.35. The first-order valence-corrected chi connectivity index (χ1v) is 9.03. The SMILES string of the molecule is COc1cccc(C(=O)N2CCS[C@@H](c3ccccc3F)CC2)c1. The lowest BCUT2D eigenvalue weighted by Crippen LogP contribution is -2.32. The topological polar surface area (TPSA) is 29.5 Å². The van der Waals surface area contributed by atoms with Gasteiger partial charge < -0.3 is 9.64 Å². The second-order valence-electron chi connectivity index (χ2n) is 5.69. The Bertz CT molecular complexity index is 722. The zero-order valence-corrected chi connectivity index (χ0v) is 14.4. The molecule has 0 unspecified atom stereocenters. The fraction of sp³-hybridized carbons (Fsp3) is 0.316. The molecule has 5 heteroatoms. The highest BCUT2D eigenvalue weighted by molar-refractivity contribution is 7.99. The van der Waals surface area contributed by atoms with Gasteiger partial charge in [-0.3, -0.25) is 4.79 Å². The number of hydrogen-bond donors (Lipinski definition) is 0. The smallest absolute Gasteiger partial charge is 0.254 e. The van der Waals surface area contributed by atoms with Crippen LogP contribution in [0.2, 0.25) is 0 Å². The van der Waals surface area contributed by atoms with E-state index in [1.807, 2.05) is 29.2 Å². The summed E-state index contributed by atoms with van der Waals surface area (Å²) in [6.07, 6.45) is 0.751. The fourth-order valence-corrected chi connectivity index (χ4v) is 4.15. The van der Waals surface area contributed by atoms with Gasteiger partial charge in [0.2, 0.25) is 0 Å². The summed E-state index contributed by atoms with van der Waals surface area (Å²) in [5, 5.41) is 0.0920. The summed E-state index contributed by atoms with van der Waals surface area (Å²) in [5.74, 6) is 1.31. The molecule has 1 fully saturated rings. The Morgan fingerprint density at radius 1 is 1.21 bits per heavy atom. The van der Waals surface area contributed by atoms with E-state index < -0.39 is 0 Å². The maximum atomic E-state index is 14.0. The maximum absolute atomic E-state index is 14.0. The Morgan fingerprint density at radius 2 is 2.04 bits per heavy atom. The van der Waals surface area contributed by atoms with E-state index in [1.54, 1.807) is 37.1 Å². The summed E-state index contributed by atoms with van der Waals surface area (Å²) in [6.45, 7) is 1.30. The van der Waals surface area contributed by atoms with Gasteiger partial charge in [0.1, 0.15) is 11.6 Å². The quantitative estimate of drug-likeness (QED) is 0.837. The number of hydrogen-bond acceptors (Lipinski definition) is 3. The van der Waals surface area contributed by atoms with Crippen LogP contribution in [0.4, 0.5) is 4.39 Å². The van der Waals surface area contributed by atoms with Crippen LogP contribution in [0.15, 0.2) is 48.5 Å². The number of methoxy groups -OCH3 is 1. The van der Waals surface area contributed by atoms with Gasteiger partial charge in [-0.15, -0.1) is 0 Å². The molecule has 1 atom stereocenters. The predicted octanol–water partition coefficient (Wildman–Crippen LogP) is 4.15. The van der Waals surface area contributed by atoms with Crippen LogP contribution >= 0.6 is 11.8 Å². The molecule has 0 aromatic heterocycles. The number of halogens is 1. The van der Waals surface area contributed by atoms with Crippen molar-refractivity contribution in [3.05, 3.63) is 65.5 Å². The van der Waals surface area contributed by atoms with Gasteiger partial charge in [0.25, 0.3) is 5.91 Å². The Kier molecular flexibility index (Phi) is 5.41. The fourth-order valence-electron chi connectivity index (χ4n) is 2.90. The van der Waals surface area contributed by atoms with Crippen molar-refractivity contribution >= 4 is 17.7 Å². The maximum Gasteiger partial charge on any atom is 0.254 e. The molecule has 24 heavy (non-hydrogen) atoms. The molecule has 1 saturated heterocycles. The summed E-state index contributed by atoms with van der Waals surface area (Å²) in [5.41, 5.74) is 1.36. The van der Waals surface area contributed by atoms with Crippen molar-refractivity contribution in [1.82, 2.24) is 4.90 Å². The van der Waals surface area contributed by atoms with Crippen LogP contribution in [0, 0.1) is 5.82 Å². The first kappa shape index (κ1) is 16.8. The van der Waals surface area contributed by atoms with Gasteiger partial charge in [-0.2, -0.15) is 11.8 Å². The molecular formula is C19H20FNO2S. The van der Waals surface area contributed by atoms with Crippen molar-refractivity contribution in [2.24, 2.45) is 0 Å². The number of thioether (sulfide) groups is 1. The molecule has 0 spiro atoms. The zero-order valence-electron chi connectivity index (χ0n) is 13.6. The first-order valence-electron chi connectivity index (χ1n) is 7.98. The Balaban J connectivity index is 1.71. The summed E-state index contributed by atoms with van der Waals surface area (Å²) >= 11 is 1.72. The summed E-state index contributed by atoms with van der Waals surface area (Å²) in [7, 11) is 1.59. The van der Waals surface area contributed by atoms with E-state index in [4.69, 9.17) is 4.74 Å². The van der Waals surface area contributed by atoms with Gasteiger partial charge in [-0.1, -0.05) is 24.3 Å². The molecule has 0 aliphatic carbocycles. The summed E-state index contributed by atoms with van der Waals surface area (Å²) in [6, 6.07) is 14.1. The first-order chi connectivity index (χ1) is 11.7. The molecular weight excluding hydrogens is 325 g/mol. The minimum absolute atomic E-state index is 0.00341. The molecule has 3 rings (SSSR count). The molecule has 2 aromatic rings. The molecule has 0 saturated carbocycles. The van der Waals surface area contributed by atoms with Crippen LogP contribution in [0.3, 0.4) is 0 Å². The Morgan fingerprint density at radius 3 is 2.83 bits per heavy atom. The van der Waals surface area contributed by atoms with Crippen LogP contribution in [-0.2, 0) is 0 Å². The lowest BCUT2D eigenvalue weighted by Gasteiger charge is -2.20. The van der Waals surface area contributed by atoms with E-state index in [0.29, 0.717) is 24.4 Å². The number of carbonyl (C=O) groups is 1. The average molecular weight is 345 g/mol. The van der Waals surface area contributed by atoms with E-state index in [1.165, 1.54) is 6.07 Å². The number of benzene rings is 2. The largest absolute Gasteiger partial charge is 0.497 e. The molecule has 1 aliphatic rings. The lowest BCUT2D eigenvalue weighted by atomic mass is 10.1.